The van der Waals surface area contributed by atoms with Gasteiger partial charge in [-0.2, -0.15) is 0 Å². The normalized spacial score (nSPS) is 10.4. The highest BCUT2D eigenvalue weighted by molar-refractivity contribution is 6.03. The first-order chi connectivity index (χ1) is 12.9. The molecule has 0 bridgehead atoms. The largest absolute Gasteiger partial charge is 0.378 e. The minimum absolute atomic E-state index is 0.220. The van der Waals surface area contributed by atoms with Crippen LogP contribution in [0, 0.1) is 12.7 Å². The average Bonchev–Trinajstić information content (AvgIpc) is 2.61. The zero-order chi connectivity index (χ0) is 19.4. The first-order valence-corrected chi connectivity index (χ1v) is 8.38. The lowest BCUT2D eigenvalue weighted by molar-refractivity contribution is 0.102. The molecule has 0 saturated heterocycles. The summed E-state index contributed by atoms with van der Waals surface area (Å²) in [5.74, 6) is -0.485. The van der Waals surface area contributed by atoms with Crippen molar-refractivity contribution in [1.29, 1.82) is 0 Å². The molecule has 0 radical (unpaired) electrons. The van der Waals surface area contributed by atoms with Crippen LogP contribution in [0.25, 0.3) is 0 Å². The molecular formula is C20H20FN5O. The quantitative estimate of drug-likeness (QED) is 0.716. The molecule has 0 aliphatic carbocycles. The molecule has 7 heteroatoms. The SMILES string of the molecule is Cc1cc(C(=O)Nc2ccc(N(C)C)cc2)nc(Nc2cccc(F)c2)n1. The lowest BCUT2D eigenvalue weighted by Crippen LogP contribution is -2.16. The molecule has 0 atom stereocenters. The van der Waals surface area contributed by atoms with Gasteiger partial charge in [-0.3, -0.25) is 4.79 Å². The smallest absolute Gasteiger partial charge is 0.274 e. The molecule has 0 aliphatic rings. The fourth-order valence-electron chi connectivity index (χ4n) is 2.47. The van der Waals surface area contributed by atoms with Crippen LogP contribution in [0.3, 0.4) is 0 Å². The van der Waals surface area contributed by atoms with Crippen LogP contribution >= 0.6 is 0 Å². The lowest BCUT2D eigenvalue weighted by Gasteiger charge is -2.13. The summed E-state index contributed by atoms with van der Waals surface area (Å²) in [6.45, 7) is 1.76. The number of rotatable bonds is 5. The van der Waals surface area contributed by atoms with E-state index >= 15 is 0 Å². The Kier molecular flexibility index (Phi) is 5.30. The molecular weight excluding hydrogens is 345 g/mol. The molecule has 1 amide bonds. The Morgan fingerprint density at radius 2 is 1.74 bits per heavy atom. The van der Waals surface area contributed by atoms with E-state index in [2.05, 4.69) is 20.6 Å². The Hall–Kier alpha value is -3.48. The fraction of sp³-hybridized carbons (Fsp3) is 0.150. The average molecular weight is 365 g/mol. The Labute approximate surface area is 157 Å². The molecule has 0 unspecified atom stereocenters. The summed E-state index contributed by atoms with van der Waals surface area (Å²) in [6, 6.07) is 15.0. The van der Waals surface area contributed by atoms with Crippen molar-refractivity contribution >= 4 is 28.9 Å². The summed E-state index contributed by atoms with van der Waals surface area (Å²) in [7, 11) is 3.90. The van der Waals surface area contributed by atoms with Gasteiger partial charge in [-0.1, -0.05) is 6.07 Å². The van der Waals surface area contributed by atoms with Gasteiger partial charge in [0.05, 0.1) is 0 Å². The van der Waals surface area contributed by atoms with Gasteiger partial charge in [0.15, 0.2) is 0 Å². The van der Waals surface area contributed by atoms with Crippen molar-refractivity contribution in [3.05, 3.63) is 71.8 Å². The van der Waals surface area contributed by atoms with Gasteiger partial charge in [0.2, 0.25) is 5.95 Å². The molecule has 0 saturated carbocycles. The van der Waals surface area contributed by atoms with E-state index in [4.69, 9.17) is 0 Å². The van der Waals surface area contributed by atoms with E-state index < -0.39 is 0 Å². The minimum Gasteiger partial charge on any atom is -0.378 e. The van der Waals surface area contributed by atoms with Crippen molar-refractivity contribution in [2.45, 2.75) is 6.92 Å². The summed E-state index contributed by atoms with van der Waals surface area (Å²) < 4.78 is 13.3. The fourth-order valence-corrected chi connectivity index (χ4v) is 2.47. The number of aryl methyl sites for hydroxylation is 1. The number of aromatic nitrogens is 2. The van der Waals surface area contributed by atoms with Gasteiger partial charge in [-0.05, 0) is 55.5 Å². The first kappa shape index (κ1) is 18.3. The molecule has 0 aliphatic heterocycles. The minimum atomic E-state index is -0.369. The summed E-state index contributed by atoms with van der Waals surface area (Å²) >= 11 is 0. The predicted octanol–water partition coefficient (Wildman–Crippen LogP) is 3.99. The standard InChI is InChI=1S/C20H20FN5O/c1-13-11-18(19(27)23-15-7-9-17(10-8-15)26(2)3)25-20(22-13)24-16-6-4-5-14(21)12-16/h4-12H,1-3H3,(H,23,27)(H,22,24,25). The van der Waals surface area contributed by atoms with Crippen molar-refractivity contribution < 1.29 is 9.18 Å². The molecule has 1 heterocycles. The summed E-state index contributed by atoms with van der Waals surface area (Å²) in [5, 5.41) is 5.73. The van der Waals surface area contributed by atoms with E-state index in [0.717, 1.165) is 5.69 Å². The third-order valence-corrected chi connectivity index (χ3v) is 3.81. The highest BCUT2D eigenvalue weighted by atomic mass is 19.1. The monoisotopic (exact) mass is 365 g/mol. The van der Waals surface area contributed by atoms with Crippen LogP contribution < -0.4 is 15.5 Å². The molecule has 138 valence electrons. The third kappa shape index (κ3) is 4.78. The van der Waals surface area contributed by atoms with E-state index in [1.807, 2.05) is 43.3 Å². The molecule has 3 aromatic rings. The third-order valence-electron chi connectivity index (χ3n) is 3.81. The summed E-state index contributed by atoms with van der Waals surface area (Å²) in [4.78, 5) is 23.0. The number of nitrogens with zero attached hydrogens (tertiary/aromatic N) is 3. The van der Waals surface area contributed by atoms with Crippen LogP contribution in [0.1, 0.15) is 16.2 Å². The van der Waals surface area contributed by atoms with Crippen molar-refractivity contribution in [2.75, 3.05) is 29.6 Å². The van der Waals surface area contributed by atoms with E-state index in [1.54, 1.807) is 25.1 Å². The maximum absolute atomic E-state index is 13.3. The van der Waals surface area contributed by atoms with Crippen LogP contribution in [0.5, 0.6) is 0 Å². The van der Waals surface area contributed by atoms with E-state index in [9.17, 15) is 9.18 Å². The topological polar surface area (TPSA) is 70.2 Å². The van der Waals surface area contributed by atoms with Crippen LogP contribution in [0.2, 0.25) is 0 Å². The van der Waals surface area contributed by atoms with Crippen molar-refractivity contribution in [3.63, 3.8) is 0 Å². The molecule has 2 aromatic carbocycles. The maximum Gasteiger partial charge on any atom is 0.274 e. The number of hydrogen-bond donors (Lipinski definition) is 2. The van der Waals surface area contributed by atoms with Crippen molar-refractivity contribution in [1.82, 2.24) is 9.97 Å². The number of nitrogens with one attached hydrogen (secondary N) is 2. The van der Waals surface area contributed by atoms with Gasteiger partial charge >= 0.3 is 0 Å². The predicted molar refractivity (Wildman–Crippen MR) is 105 cm³/mol. The zero-order valence-corrected chi connectivity index (χ0v) is 15.3. The Bertz CT molecular complexity index is 957. The van der Waals surface area contributed by atoms with Crippen LogP contribution in [0.4, 0.5) is 27.4 Å². The summed E-state index contributed by atoms with van der Waals surface area (Å²) in [6.07, 6.45) is 0. The number of hydrogen-bond acceptors (Lipinski definition) is 5. The van der Waals surface area contributed by atoms with Crippen molar-refractivity contribution in [3.8, 4) is 0 Å². The van der Waals surface area contributed by atoms with Gasteiger partial charge in [0.25, 0.3) is 5.91 Å². The molecule has 2 N–H and O–H groups in total. The second kappa shape index (κ2) is 7.82. The van der Waals surface area contributed by atoms with Crippen LogP contribution in [-0.4, -0.2) is 30.0 Å². The molecule has 0 fully saturated rings. The highest BCUT2D eigenvalue weighted by Gasteiger charge is 2.12. The molecule has 1 aromatic heterocycles. The second-order valence-corrected chi connectivity index (χ2v) is 6.25. The summed E-state index contributed by atoms with van der Waals surface area (Å²) in [5.41, 5.74) is 3.05. The Morgan fingerprint density at radius 1 is 1.00 bits per heavy atom. The number of amides is 1. The van der Waals surface area contributed by atoms with E-state index in [0.29, 0.717) is 17.1 Å². The van der Waals surface area contributed by atoms with E-state index in [-0.39, 0.29) is 23.4 Å². The maximum atomic E-state index is 13.3. The number of halogens is 1. The highest BCUT2D eigenvalue weighted by Crippen LogP contribution is 2.18. The van der Waals surface area contributed by atoms with Gasteiger partial charge < -0.3 is 15.5 Å². The number of carbonyl (C=O) groups excluding carboxylic acids is 1. The van der Waals surface area contributed by atoms with Gasteiger partial charge in [-0.25, -0.2) is 14.4 Å². The number of anilines is 4. The second-order valence-electron chi connectivity index (χ2n) is 6.25. The molecule has 3 rings (SSSR count). The van der Waals surface area contributed by atoms with E-state index in [1.165, 1.54) is 12.1 Å². The molecule has 27 heavy (non-hydrogen) atoms. The van der Waals surface area contributed by atoms with Crippen LogP contribution in [-0.2, 0) is 0 Å². The molecule has 6 nitrogen and oxygen atoms in total. The first-order valence-electron chi connectivity index (χ1n) is 8.38. The van der Waals surface area contributed by atoms with Gasteiger partial charge in [-0.15, -0.1) is 0 Å². The molecule has 0 spiro atoms. The number of benzene rings is 2. The Balaban J connectivity index is 1.77. The Morgan fingerprint density at radius 3 is 2.41 bits per heavy atom. The van der Waals surface area contributed by atoms with Gasteiger partial charge in [0, 0.05) is 36.9 Å². The van der Waals surface area contributed by atoms with Crippen LogP contribution in [0.15, 0.2) is 54.6 Å². The zero-order valence-electron chi connectivity index (χ0n) is 15.3. The lowest BCUT2D eigenvalue weighted by atomic mass is 10.2. The number of carbonyl (C=O) groups is 1. The van der Waals surface area contributed by atoms with Crippen molar-refractivity contribution in [2.24, 2.45) is 0 Å². The van der Waals surface area contributed by atoms with Gasteiger partial charge in [0.1, 0.15) is 11.5 Å².